The number of quaternary nitrogens is 1. The summed E-state index contributed by atoms with van der Waals surface area (Å²) >= 11 is 0. The Morgan fingerprint density at radius 3 is 1.39 bits per heavy atom. The molecule has 0 radical (unpaired) electrons. The van der Waals surface area contributed by atoms with Gasteiger partial charge in [0.1, 0.15) is 13.2 Å². The largest absolute Gasteiger partial charge is 0.756 e. The molecule has 0 fully saturated rings. The van der Waals surface area contributed by atoms with E-state index < -0.39 is 20.0 Å². The molecule has 0 aromatic heterocycles. The summed E-state index contributed by atoms with van der Waals surface area (Å²) in [7, 11) is 1.26. The minimum atomic E-state index is -4.59. The van der Waals surface area contributed by atoms with E-state index in [-0.39, 0.29) is 19.1 Å². The van der Waals surface area contributed by atoms with E-state index in [9.17, 15) is 19.4 Å². The van der Waals surface area contributed by atoms with Gasteiger partial charge in [-0.15, -0.1) is 0 Å². The van der Waals surface area contributed by atoms with E-state index in [0.717, 1.165) is 38.5 Å². The number of nitrogens with one attached hydrogen (secondary N) is 1. The number of aliphatic hydroxyl groups is 1. The van der Waals surface area contributed by atoms with Gasteiger partial charge in [-0.3, -0.25) is 9.36 Å². The van der Waals surface area contributed by atoms with Gasteiger partial charge in [0.05, 0.1) is 39.9 Å². The summed E-state index contributed by atoms with van der Waals surface area (Å²) in [5.74, 6) is -0.201. The Hall–Kier alpha value is -1.02. The smallest absolute Gasteiger partial charge is 0.268 e. The van der Waals surface area contributed by atoms with Gasteiger partial charge in [0.15, 0.2) is 0 Å². The molecule has 0 saturated heterocycles. The highest BCUT2D eigenvalue weighted by molar-refractivity contribution is 7.45. The van der Waals surface area contributed by atoms with Gasteiger partial charge < -0.3 is 28.8 Å². The number of carbonyl (C=O) groups is 1. The number of allylic oxidation sites excluding steroid dienone is 3. The maximum atomic E-state index is 12.9. The Balaban J connectivity index is 4.34. The van der Waals surface area contributed by atoms with Crippen LogP contribution >= 0.6 is 7.82 Å². The van der Waals surface area contributed by atoms with Crippen LogP contribution in [-0.4, -0.2) is 68.5 Å². The number of carbonyl (C=O) groups excluding carboxylic acids is 1. The third-order valence-corrected chi connectivity index (χ3v) is 11.6. The monoisotopic (exact) mass is 813 g/mol. The fraction of sp³-hybridized carbons (Fsp3) is 0.894. The number of hydrogen-bond donors (Lipinski definition) is 2. The van der Waals surface area contributed by atoms with Crippen LogP contribution in [0.15, 0.2) is 24.3 Å². The van der Waals surface area contributed by atoms with E-state index in [2.05, 4.69) is 31.3 Å². The van der Waals surface area contributed by atoms with Crippen LogP contribution in [0.2, 0.25) is 0 Å². The first kappa shape index (κ1) is 55.0. The Kier molecular flexibility index (Phi) is 38.7. The molecular formula is C47H93N2O6P. The van der Waals surface area contributed by atoms with Crippen LogP contribution in [0.4, 0.5) is 0 Å². The van der Waals surface area contributed by atoms with Gasteiger partial charge >= 0.3 is 0 Å². The van der Waals surface area contributed by atoms with Gasteiger partial charge in [-0.2, -0.15) is 0 Å². The molecule has 0 aliphatic carbocycles. The number of aliphatic hydroxyl groups excluding tert-OH is 1. The SMILES string of the molecule is CCCCCCCCCCC/C=C\CCCCCCCCCC(=O)NC(COP(=O)([O-])OCC[N+](C)(C)C)C(O)/C=C/CCCCCCCCCCCCCC. The first-order valence-corrected chi connectivity index (χ1v) is 25.2. The normalized spacial score (nSPS) is 14.5. The number of phosphoric acid groups is 1. The van der Waals surface area contributed by atoms with Crippen molar-refractivity contribution in [3.8, 4) is 0 Å². The summed E-state index contributed by atoms with van der Waals surface area (Å²) in [5, 5.41) is 13.8. The third kappa shape index (κ3) is 41.2. The van der Waals surface area contributed by atoms with E-state index >= 15 is 0 Å². The van der Waals surface area contributed by atoms with Crippen LogP contribution in [0, 0.1) is 0 Å². The number of nitrogens with zero attached hydrogens (tertiary/aromatic N) is 1. The summed E-state index contributed by atoms with van der Waals surface area (Å²) in [6.07, 6.45) is 46.5. The fourth-order valence-electron chi connectivity index (χ4n) is 6.85. The first-order chi connectivity index (χ1) is 27.0. The number of likely N-dealkylation sites (N-methyl/N-ethyl adjacent to an activating group) is 1. The maximum Gasteiger partial charge on any atom is 0.268 e. The van der Waals surface area contributed by atoms with Gasteiger partial charge in [0.25, 0.3) is 7.82 Å². The zero-order chi connectivity index (χ0) is 41.4. The van der Waals surface area contributed by atoms with Crippen LogP contribution in [0.25, 0.3) is 0 Å². The lowest BCUT2D eigenvalue weighted by Crippen LogP contribution is -2.45. The zero-order valence-electron chi connectivity index (χ0n) is 37.6. The molecule has 2 N–H and O–H groups in total. The van der Waals surface area contributed by atoms with Crippen molar-refractivity contribution in [3.63, 3.8) is 0 Å². The number of rotatable bonds is 43. The van der Waals surface area contributed by atoms with Crippen molar-refractivity contribution in [2.45, 2.75) is 231 Å². The minimum Gasteiger partial charge on any atom is -0.756 e. The third-order valence-electron chi connectivity index (χ3n) is 10.7. The standard InChI is InChI=1S/C47H93N2O6P/c1-6-8-10-12-14-16-18-20-22-23-24-25-26-27-29-31-33-35-37-39-41-47(51)48-45(44-55-56(52,53)54-43-42-49(3,4)5)46(50)40-38-36-34-32-30-28-21-19-17-15-13-11-9-7-2/h24-25,38,40,45-46,50H,6-23,26-37,39,41-44H2,1-5H3,(H-,48,51,52,53)/b25-24-,40-38+. The highest BCUT2D eigenvalue weighted by Gasteiger charge is 2.23. The van der Waals surface area contributed by atoms with Crippen molar-refractivity contribution in [1.29, 1.82) is 0 Å². The first-order valence-electron chi connectivity index (χ1n) is 23.7. The number of hydrogen-bond acceptors (Lipinski definition) is 6. The Labute approximate surface area is 347 Å². The Morgan fingerprint density at radius 2 is 0.982 bits per heavy atom. The summed E-state index contributed by atoms with van der Waals surface area (Å²) in [6.45, 7) is 4.65. The molecule has 332 valence electrons. The molecule has 9 heteroatoms. The van der Waals surface area contributed by atoms with Crippen molar-refractivity contribution in [1.82, 2.24) is 5.32 Å². The lowest BCUT2D eigenvalue weighted by atomic mass is 10.0. The topological polar surface area (TPSA) is 108 Å². The Morgan fingerprint density at radius 1 is 0.607 bits per heavy atom. The summed E-state index contributed by atoms with van der Waals surface area (Å²) in [6, 6.07) is -0.885. The molecular weight excluding hydrogens is 719 g/mol. The van der Waals surface area contributed by atoms with Crippen molar-refractivity contribution in [2.24, 2.45) is 0 Å². The van der Waals surface area contributed by atoms with E-state index in [1.54, 1.807) is 6.08 Å². The summed E-state index contributed by atoms with van der Waals surface area (Å²) in [5.41, 5.74) is 0. The Bertz CT molecular complexity index is 969. The summed E-state index contributed by atoms with van der Waals surface area (Å²) < 4.78 is 23.2. The molecule has 3 atom stereocenters. The predicted molar refractivity (Wildman–Crippen MR) is 238 cm³/mol. The van der Waals surface area contributed by atoms with Crippen molar-refractivity contribution in [2.75, 3.05) is 40.9 Å². The summed E-state index contributed by atoms with van der Waals surface area (Å²) in [4.78, 5) is 25.3. The molecule has 0 rings (SSSR count). The molecule has 0 aliphatic rings. The second kappa shape index (κ2) is 39.4. The zero-order valence-corrected chi connectivity index (χ0v) is 38.5. The van der Waals surface area contributed by atoms with E-state index in [1.807, 2.05) is 27.2 Å². The van der Waals surface area contributed by atoms with Crippen LogP contribution in [-0.2, 0) is 18.4 Å². The van der Waals surface area contributed by atoms with Gasteiger partial charge in [-0.25, -0.2) is 0 Å². The quantitative estimate of drug-likeness (QED) is 0.0275. The molecule has 0 aliphatic heterocycles. The average Bonchev–Trinajstić information content (AvgIpc) is 3.15. The van der Waals surface area contributed by atoms with Crippen LogP contribution in [0.3, 0.4) is 0 Å². The van der Waals surface area contributed by atoms with E-state index in [4.69, 9.17) is 9.05 Å². The fourth-order valence-corrected chi connectivity index (χ4v) is 7.58. The van der Waals surface area contributed by atoms with Crippen LogP contribution in [0.5, 0.6) is 0 Å². The van der Waals surface area contributed by atoms with Crippen molar-refractivity contribution < 1.29 is 32.9 Å². The predicted octanol–water partition coefficient (Wildman–Crippen LogP) is 12.7. The van der Waals surface area contributed by atoms with Crippen molar-refractivity contribution in [3.05, 3.63) is 24.3 Å². The number of unbranched alkanes of at least 4 members (excludes halogenated alkanes) is 28. The van der Waals surface area contributed by atoms with Gasteiger partial charge in [-0.1, -0.05) is 192 Å². The molecule has 0 bridgehead atoms. The molecule has 0 aromatic carbocycles. The molecule has 56 heavy (non-hydrogen) atoms. The van der Waals surface area contributed by atoms with Crippen molar-refractivity contribution >= 4 is 13.7 Å². The number of phosphoric ester groups is 1. The second-order valence-electron chi connectivity index (χ2n) is 17.5. The average molecular weight is 813 g/mol. The molecule has 0 heterocycles. The molecule has 0 saturated carbocycles. The highest BCUT2D eigenvalue weighted by atomic mass is 31.2. The highest BCUT2D eigenvalue weighted by Crippen LogP contribution is 2.38. The van der Waals surface area contributed by atoms with Crippen LogP contribution in [0.1, 0.15) is 219 Å². The second-order valence-corrected chi connectivity index (χ2v) is 18.9. The van der Waals surface area contributed by atoms with Gasteiger partial charge in [-0.05, 0) is 44.9 Å². The minimum absolute atomic E-state index is 0.000699. The lowest BCUT2D eigenvalue weighted by Gasteiger charge is -2.29. The van der Waals surface area contributed by atoms with E-state index in [0.29, 0.717) is 17.4 Å². The molecule has 0 spiro atoms. The number of amides is 1. The molecule has 0 aromatic rings. The molecule has 1 amide bonds. The van der Waals surface area contributed by atoms with Gasteiger partial charge in [0.2, 0.25) is 5.91 Å². The lowest BCUT2D eigenvalue weighted by molar-refractivity contribution is -0.870. The van der Waals surface area contributed by atoms with E-state index in [1.165, 1.54) is 161 Å². The maximum absolute atomic E-state index is 12.9. The molecule has 3 unspecified atom stereocenters. The van der Waals surface area contributed by atoms with Gasteiger partial charge in [0, 0.05) is 6.42 Å². The van der Waals surface area contributed by atoms with Crippen LogP contribution < -0.4 is 10.2 Å². The molecule has 8 nitrogen and oxygen atoms in total.